The predicted molar refractivity (Wildman–Crippen MR) is 91.5 cm³/mol. The first-order chi connectivity index (χ1) is 12.5. The fourth-order valence-electron chi connectivity index (χ4n) is 3.99. The van der Waals surface area contributed by atoms with E-state index in [4.69, 9.17) is 0 Å². The standard InChI is InChI=1S/C18H24F2N4O2/c1-2-21-17(25)15-8-12(10-24(15)13-5-3-4-6-13)23-18(26)16-14(20)7-11(19)9-22-16/h7,9,12-13,15H,2-6,8,10H2,1H3,(H,21,25)(H,23,26)/t12-,15-/m0/s1. The molecular formula is C18H24F2N4O2. The van der Waals surface area contributed by atoms with Crippen molar-refractivity contribution in [1.82, 2.24) is 20.5 Å². The molecular weight excluding hydrogens is 342 g/mol. The minimum atomic E-state index is -0.992. The molecule has 0 spiro atoms. The average molecular weight is 366 g/mol. The molecule has 1 aliphatic carbocycles. The summed E-state index contributed by atoms with van der Waals surface area (Å²) < 4.78 is 26.7. The molecule has 1 saturated heterocycles. The minimum absolute atomic E-state index is 0.0396. The van der Waals surface area contributed by atoms with Crippen LogP contribution in [0.2, 0.25) is 0 Å². The van der Waals surface area contributed by atoms with Gasteiger partial charge < -0.3 is 10.6 Å². The van der Waals surface area contributed by atoms with Gasteiger partial charge in [0.1, 0.15) is 5.82 Å². The first kappa shape index (κ1) is 18.7. The van der Waals surface area contributed by atoms with Gasteiger partial charge in [0.25, 0.3) is 5.91 Å². The van der Waals surface area contributed by atoms with Crippen LogP contribution in [0.5, 0.6) is 0 Å². The van der Waals surface area contributed by atoms with Gasteiger partial charge in [-0.25, -0.2) is 13.8 Å². The fourth-order valence-corrected chi connectivity index (χ4v) is 3.99. The maximum absolute atomic E-state index is 13.8. The van der Waals surface area contributed by atoms with Gasteiger partial charge in [-0.3, -0.25) is 14.5 Å². The summed E-state index contributed by atoms with van der Waals surface area (Å²) in [6.45, 7) is 2.96. The van der Waals surface area contributed by atoms with Crippen molar-refractivity contribution in [2.24, 2.45) is 0 Å². The smallest absolute Gasteiger partial charge is 0.273 e. The van der Waals surface area contributed by atoms with Crippen molar-refractivity contribution in [2.75, 3.05) is 13.1 Å². The molecule has 8 heteroatoms. The molecule has 2 fully saturated rings. The highest BCUT2D eigenvalue weighted by molar-refractivity contribution is 5.93. The number of halogens is 2. The Morgan fingerprint density at radius 2 is 2.04 bits per heavy atom. The van der Waals surface area contributed by atoms with E-state index in [-0.39, 0.29) is 18.0 Å². The number of carbonyl (C=O) groups excluding carboxylic acids is 2. The number of nitrogens with one attached hydrogen (secondary N) is 2. The second kappa shape index (κ2) is 8.07. The lowest BCUT2D eigenvalue weighted by molar-refractivity contribution is -0.126. The number of likely N-dealkylation sites (N-methyl/N-ethyl adjacent to an activating group) is 1. The van der Waals surface area contributed by atoms with Gasteiger partial charge >= 0.3 is 0 Å². The fraction of sp³-hybridized carbons (Fsp3) is 0.611. The molecule has 0 aromatic carbocycles. The van der Waals surface area contributed by atoms with E-state index in [1.165, 1.54) is 0 Å². The molecule has 3 rings (SSSR count). The van der Waals surface area contributed by atoms with E-state index in [0.717, 1.165) is 31.9 Å². The van der Waals surface area contributed by atoms with Gasteiger partial charge in [-0.05, 0) is 26.2 Å². The molecule has 142 valence electrons. The number of hydrogen-bond acceptors (Lipinski definition) is 4. The summed E-state index contributed by atoms with van der Waals surface area (Å²) in [6.07, 6.45) is 5.66. The second-order valence-corrected chi connectivity index (χ2v) is 6.94. The zero-order chi connectivity index (χ0) is 18.7. The highest BCUT2D eigenvalue weighted by atomic mass is 19.1. The third-order valence-electron chi connectivity index (χ3n) is 5.14. The third-order valence-corrected chi connectivity index (χ3v) is 5.14. The van der Waals surface area contributed by atoms with Gasteiger partial charge in [-0.15, -0.1) is 0 Å². The zero-order valence-electron chi connectivity index (χ0n) is 14.8. The van der Waals surface area contributed by atoms with Crippen LogP contribution in [0.3, 0.4) is 0 Å². The SMILES string of the molecule is CCNC(=O)[C@@H]1C[C@H](NC(=O)c2ncc(F)cc2F)CN1C1CCCC1. The average Bonchev–Trinajstić information content (AvgIpc) is 3.24. The van der Waals surface area contributed by atoms with Crippen LogP contribution < -0.4 is 10.6 Å². The molecule has 6 nitrogen and oxygen atoms in total. The number of rotatable bonds is 5. The van der Waals surface area contributed by atoms with Crippen molar-refractivity contribution in [2.45, 2.75) is 57.2 Å². The molecule has 0 bridgehead atoms. The Kier molecular flexibility index (Phi) is 5.80. The molecule has 0 unspecified atom stereocenters. The molecule has 2 atom stereocenters. The Hall–Kier alpha value is -2.09. The lowest BCUT2D eigenvalue weighted by Gasteiger charge is -2.29. The van der Waals surface area contributed by atoms with Gasteiger partial charge in [0.15, 0.2) is 11.5 Å². The minimum Gasteiger partial charge on any atom is -0.355 e. The van der Waals surface area contributed by atoms with Gasteiger partial charge in [0.2, 0.25) is 5.91 Å². The van der Waals surface area contributed by atoms with E-state index >= 15 is 0 Å². The van der Waals surface area contributed by atoms with Crippen LogP contribution in [0.15, 0.2) is 12.3 Å². The molecule has 1 saturated carbocycles. The van der Waals surface area contributed by atoms with Crippen LogP contribution in [-0.2, 0) is 4.79 Å². The van der Waals surface area contributed by atoms with Crippen LogP contribution in [0, 0.1) is 11.6 Å². The van der Waals surface area contributed by atoms with E-state index < -0.39 is 23.2 Å². The maximum atomic E-state index is 13.8. The predicted octanol–water partition coefficient (Wildman–Crippen LogP) is 1.61. The molecule has 1 aromatic rings. The Morgan fingerprint density at radius 1 is 1.31 bits per heavy atom. The monoisotopic (exact) mass is 366 g/mol. The summed E-state index contributed by atoms with van der Waals surface area (Å²) in [7, 11) is 0. The molecule has 1 aliphatic heterocycles. The lowest BCUT2D eigenvalue weighted by Crippen LogP contribution is -2.47. The number of carbonyl (C=O) groups is 2. The van der Waals surface area contributed by atoms with Gasteiger partial charge in [0.05, 0.1) is 12.2 Å². The molecule has 26 heavy (non-hydrogen) atoms. The van der Waals surface area contributed by atoms with Crippen molar-refractivity contribution in [1.29, 1.82) is 0 Å². The number of nitrogens with zero attached hydrogens (tertiary/aromatic N) is 2. The van der Waals surface area contributed by atoms with Crippen LogP contribution in [0.25, 0.3) is 0 Å². The van der Waals surface area contributed by atoms with E-state index in [1.54, 1.807) is 0 Å². The molecule has 1 aromatic heterocycles. The summed E-state index contributed by atoms with van der Waals surface area (Å²) in [5.74, 6) is -2.55. The van der Waals surface area contributed by atoms with E-state index in [2.05, 4.69) is 20.5 Å². The zero-order valence-corrected chi connectivity index (χ0v) is 14.8. The highest BCUT2D eigenvalue weighted by Gasteiger charge is 2.41. The van der Waals surface area contributed by atoms with Gasteiger partial charge in [-0.2, -0.15) is 0 Å². The van der Waals surface area contributed by atoms with Crippen LogP contribution >= 0.6 is 0 Å². The molecule has 0 radical (unpaired) electrons. The van der Waals surface area contributed by atoms with E-state index in [0.29, 0.717) is 31.6 Å². The first-order valence-corrected chi connectivity index (χ1v) is 9.15. The Bertz CT molecular complexity index is 679. The Morgan fingerprint density at radius 3 is 2.69 bits per heavy atom. The lowest BCUT2D eigenvalue weighted by atomic mass is 10.1. The van der Waals surface area contributed by atoms with Crippen molar-refractivity contribution >= 4 is 11.8 Å². The number of aromatic nitrogens is 1. The number of hydrogen-bond donors (Lipinski definition) is 2. The number of pyridine rings is 1. The van der Waals surface area contributed by atoms with Crippen LogP contribution in [-0.4, -0.2) is 52.9 Å². The van der Waals surface area contributed by atoms with Crippen molar-refractivity contribution in [3.8, 4) is 0 Å². The maximum Gasteiger partial charge on any atom is 0.273 e. The Balaban J connectivity index is 1.70. The van der Waals surface area contributed by atoms with Crippen molar-refractivity contribution in [3.63, 3.8) is 0 Å². The molecule has 2 heterocycles. The largest absolute Gasteiger partial charge is 0.355 e. The molecule has 2 aliphatic rings. The molecule has 2 amide bonds. The summed E-state index contributed by atoms with van der Waals surface area (Å²) in [6, 6.07) is 0.403. The van der Waals surface area contributed by atoms with E-state index in [1.807, 2.05) is 6.92 Å². The molecule has 2 N–H and O–H groups in total. The normalized spacial score (nSPS) is 24.0. The van der Waals surface area contributed by atoms with E-state index in [9.17, 15) is 18.4 Å². The van der Waals surface area contributed by atoms with Crippen LogP contribution in [0.1, 0.15) is 49.5 Å². The summed E-state index contributed by atoms with van der Waals surface area (Å²) in [4.78, 5) is 30.4. The first-order valence-electron chi connectivity index (χ1n) is 9.15. The highest BCUT2D eigenvalue weighted by Crippen LogP contribution is 2.30. The third kappa shape index (κ3) is 4.00. The summed E-state index contributed by atoms with van der Waals surface area (Å²) in [5.41, 5.74) is -0.430. The Labute approximate surface area is 151 Å². The van der Waals surface area contributed by atoms with Gasteiger partial charge in [0, 0.05) is 31.2 Å². The summed E-state index contributed by atoms with van der Waals surface area (Å²) in [5, 5.41) is 5.60. The quantitative estimate of drug-likeness (QED) is 0.830. The second-order valence-electron chi connectivity index (χ2n) is 6.94. The van der Waals surface area contributed by atoms with Crippen molar-refractivity contribution in [3.05, 3.63) is 29.6 Å². The number of amides is 2. The summed E-state index contributed by atoms with van der Waals surface area (Å²) >= 11 is 0. The van der Waals surface area contributed by atoms with Gasteiger partial charge in [-0.1, -0.05) is 12.8 Å². The number of likely N-dealkylation sites (tertiary alicyclic amines) is 1. The van der Waals surface area contributed by atoms with Crippen LogP contribution in [0.4, 0.5) is 8.78 Å². The topological polar surface area (TPSA) is 74.3 Å². The van der Waals surface area contributed by atoms with Crippen molar-refractivity contribution < 1.29 is 18.4 Å².